The minimum atomic E-state index is -0.244. The van der Waals surface area contributed by atoms with Crippen LogP contribution in [0.3, 0.4) is 0 Å². The minimum absolute atomic E-state index is 0.0576. The van der Waals surface area contributed by atoms with E-state index < -0.39 is 0 Å². The molecule has 0 saturated heterocycles. The van der Waals surface area contributed by atoms with Crippen molar-refractivity contribution in [1.29, 1.82) is 0 Å². The SMILES string of the molecule is COc1ccc(C[C@H](NC[C@H](N)CC(C)C)C(C)=O)cc1OC. The number of ketones is 1. The van der Waals surface area contributed by atoms with E-state index in [0.717, 1.165) is 12.0 Å². The highest BCUT2D eigenvalue weighted by molar-refractivity contribution is 5.81. The van der Waals surface area contributed by atoms with Crippen LogP contribution in [-0.2, 0) is 11.2 Å². The van der Waals surface area contributed by atoms with E-state index in [1.165, 1.54) is 0 Å². The largest absolute Gasteiger partial charge is 0.493 e. The van der Waals surface area contributed by atoms with Crippen molar-refractivity contribution in [1.82, 2.24) is 5.32 Å². The van der Waals surface area contributed by atoms with E-state index in [9.17, 15) is 4.79 Å². The summed E-state index contributed by atoms with van der Waals surface area (Å²) >= 11 is 0. The lowest BCUT2D eigenvalue weighted by atomic mass is 10.0. The molecule has 0 aliphatic rings. The van der Waals surface area contributed by atoms with Crippen molar-refractivity contribution in [3.8, 4) is 11.5 Å². The van der Waals surface area contributed by atoms with E-state index in [1.807, 2.05) is 18.2 Å². The Morgan fingerprint density at radius 3 is 2.39 bits per heavy atom. The van der Waals surface area contributed by atoms with Crippen molar-refractivity contribution in [3.05, 3.63) is 23.8 Å². The van der Waals surface area contributed by atoms with Crippen LogP contribution >= 0.6 is 0 Å². The first-order valence-corrected chi connectivity index (χ1v) is 8.07. The molecule has 1 aromatic carbocycles. The molecule has 5 nitrogen and oxygen atoms in total. The lowest BCUT2D eigenvalue weighted by Gasteiger charge is -2.20. The molecule has 0 aliphatic carbocycles. The summed E-state index contributed by atoms with van der Waals surface area (Å²) in [4.78, 5) is 11.9. The van der Waals surface area contributed by atoms with Crippen LogP contribution in [0.4, 0.5) is 0 Å². The fraction of sp³-hybridized carbons (Fsp3) is 0.611. The van der Waals surface area contributed by atoms with E-state index in [0.29, 0.717) is 30.4 Å². The average molecular weight is 322 g/mol. The van der Waals surface area contributed by atoms with Gasteiger partial charge >= 0.3 is 0 Å². The van der Waals surface area contributed by atoms with E-state index in [2.05, 4.69) is 19.2 Å². The first-order valence-electron chi connectivity index (χ1n) is 8.07. The highest BCUT2D eigenvalue weighted by atomic mass is 16.5. The van der Waals surface area contributed by atoms with Gasteiger partial charge in [-0.05, 0) is 43.4 Å². The van der Waals surface area contributed by atoms with Gasteiger partial charge in [-0.25, -0.2) is 0 Å². The Balaban J connectivity index is 2.71. The predicted octanol–water partition coefficient (Wildman–Crippen LogP) is 2.17. The summed E-state index contributed by atoms with van der Waals surface area (Å²) in [7, 11) is 3.21. The van der Waals surface area contributed by atoms with Gasteiger partial charge in [0, 0.05) is 12.6 Å². The second-order valence-electron chi connectivity index (χ2n) is 6.35. The monoisotopic (exact) mass is 322 g/mol. The Labute approximate surface area is 139 Å². The molecule has 0 aromatic heterocycles. The third-order valence-corrected chi connectivity index (χ3v) is 3.78. The Morgan fingerprint density at radius 1 is 1.22 bits per heavy atom. The average Bonchev–Trinajstić information content (AvgIpc) is 2.50. The first-order chi connectivity index (χ1) is 10.9. The highest BCUT2D eigenvalue weighted by Crippen LogP contribution is 2.28. The van der Waals surface area contributed by atoms with Crippen molar-refractivity contribution in [2.75, 3.05) is 20.8 Å². The Morgan fingerprint density at radius 2 is 1.87 bits per heavy atom. The van der Waals surface area contributed by atoms with Crippen LogP contribution in [-0.4, -0.2) is 38.6 Å². The van der Waals surface area contributed by atoms with Gasteiger partial charge in [-0.2, -0.15) is 0 Å². The molecule has 0 bridgehead atoms. The lowest BCUT2D eigenvalue weighted by Crippen LogP contribution is -2.44. The summed E-state index contributed by atoms with van der Waals surface area (Å²) < 4.78 is 10.5. The van der Waals surface area contributed by atoms with E-state index in [1.54, 1.807) is 21.1 Å². The van der Waals surface area contributed by atoms with Crippen LogP contribution in [0.2, 0.25) is 0 Å². The smallest absolute Gasteiger partial charge is 0.160 e. The molecule has 1 aromatic rings. The van der Waals surface area contributed by atoms with Crippen LogP contribution < -0.4 is 20.5 Å². The molecule has 23 heavy (non-hydrogen) atoms. The van der Waals surface area contributed by atoms with Crippen LogP contribution in [0, 0.1) is 5.92 Å². The van der Waals surface area contributed by atoms with Crippen LogP contribution in [0.5, 0.6) is 11.5 Å². The maximum Gasteiger partial charge on any atom is 0.160 e. The van der Waals surface area contributed by atoms with E-state index in [4.69, 9.17) is 15.2 Å². The molecule has 0 amide bonds. The maximum atomic E-state index is 11.9. The van der Waals surface area contributed by atoms with Gasteiger partial charge in [-0.1, -0.05) is 19.9 Å². The van der Waals surface area contributed by atoms with E-state index in [-0.39, 0.29) is 17.9 Å². The van der Waals surface area contributed by atoms with Gasteiger partial charge < -0.3 is 20.5 Å². The van der Waals surface area contributed by atoms with Crippen molar-refractivity contribution in [2.45, 2.75) is 45.7 Å². The molecule has 0 fully saturated rings. The lowest BCUT2D eigenvalue weighted by molar-refractivity contribution is -0.119. The molecule has 5 heteroatoms. The van der Waals surface area contributed by atoms with Gasteiger partial charge in [0.1, 0.15) is 5.78 Å². The normalized spacial score (nSPS) is 13.7. The number of benzene rings is 1. The molecule has 1 rings (SSSR count). The zero-order chi connectivity index (χ0) is 17.4. The molecule has 0 unspecified atom stereocenters. The molecule has 0 heterocycles. The number of hydrogen-bond acceptors (Lipinski definition) is 5. The zero-order valence-electron chi connectivity index (χ0n) is 14.9. The summed E-state index contributed by atoms with van der Waals surface area (Å²) in [5.74, 6) is 2.01. The van der Waals surface area contributed by atoms with Crippen molar-refractivity contribution >= 4 is 5.78 Å². The van der Waals surface area contributed by atoms with Gasteiger partial charge in [-0.3, -0.25) is 4.79 Å². The molecule has 3 N–H and O–H groups in total. The zero-order valence-corrected chi connectivity index (χ0v) is 14.9. The van der Waals surface area contributed by atoms with E-state index >= 15 is 0 Å². The topological polar surface area (TPSA) is 73.6 Å². The molecule has 0 aliphatic heterocycles. The number of methoxy groups -OCH3 is 2. The van der Waals surface area contributed by atoms with Gasteiger partial charge in [0.05, 0.1) is 20.3 Å². The van der Waals surface area contributed by atoms with Gasteiger partial charge in [-0.15, -0.1) is 0 Å². The second kappa shape index (κ2) is 9.53. The predicted molar refractivity (Wildman–Crippen MR) is 93.2 cm³/mol. The molecule has 130 valence electrons. The fourth-order valence-corrected chi connectivity index (χ4v) is 2.59. The maximum absolute atomic E-state index is 11.9. The van der Waals surface area contributed by atoms with Gasteiger partial charge in [0.15, 0.2) is 11.5 Å². The Kier molecular flexibility index (Phi) is 8.06. The number of hydrogen-bond donors (Lipinski definition) is 2. The summed E-state index contributed by atoms with van der Waals surface area (Å²) in [6, 6.07) is 5.53. The van der Waals surface area contributed by atoms with Crippen molar-refractivity contribution in [2.24, 2.45) is 11.7 Å². The quantitative estimate of drug-likeness (QED) is 0.690. The summed E-state index contributed by atoms with van der Waals surface area (Å²) in [5, 5.41) is 3.29. The summed E-state index contributed by atoms with van der Waals surface area (Å²) in [6.07, 6.45) is 1.54. The van der Waals surface area contributed by atoms with Gasteiger partial charge in [0.2, 0.25) is 0 Å². The molecule has 2 atom stereocenters. The summed E-state index contributed by atoms with van der Waals surface area (Å²) in [6.45, 7) is 6.53. The molecule has 0 saturated carbocycles. The first kappa shape index (κ1) is 19.5. The summed E-state index contributed by atoms with van der Waals surface area (Å²) in [5.41, 5.74) is 7.11. The minimum Gasteiger partial charge on any atom is -0.493 e. The molecule has 0 radical (unpaired) electrons. The number of Topliss-reactive ketones (excluding diaryl/α,β-unsaturated/α-hetero) is 1. The van der Waals surface area contributed by atoms with Crippen LogP contribution in [0.15, 0.2) is 18.2 Å². The Bertz CT molecular complexity index is 503. The third kappa shape index (κ3) is 6.59. The number of rotatable bonds is 10. The number of carbonyl (C=O) groups is 1. The number of carbonyl (C=O) groups excluding carboxylic acids is 1. The third-order valence-electron chi connectivity index (χ3n) is 3.78. The number of ether oxygens (including phenoxy) is 2. The van der Waals surface area contributed by atoms with Crippen LogP contribution in [0.1, 0.15) is 32.8 Å². The highest BCUT2D eigenvalue weighted by Gasteiger charge is 2.17. The second-order valence-corrected chi connectivity index (χ2v) is 6.35. The van der Waals surface area contributed by atoms with Crippen LogP contribution in [0.25, 0.3) is 0 Å². The standard InChI is InChI=1S/C18H30N2O3/c1-12(2)8-15(19)11-20-16(13(3)21)9-14-6-7-17(22-4)18(10-14)23-5/h6-7,10,12,15-16,20H,8-9,11,19H2,1-5H3/t15-,16+/m1/s1. The van der Waals surface area contributed by atoms with Crippen molar-refractivity contribution < 1.29 is 14.3 Å². The fourth-order valence-electron chi connectivity index (χ4n) is 2.59. The van der Waals surface area contributed by atoms with Crippen molar-refractivity contribution in [3.63, 3.8) is 0 Å². The molecular weight excluding hydrogens is 292 g/mol. The van der Waals surface area contributed by atoms with Gasteiger partial charge in [0.25, 0.3) is 0 Å². The molecule has 0 spiro atoms. The molecular formula is C18H30N2O3. The Hall–Kier alpha value is -1.59. The number of nitrogens with two attached hydrogens (primary N) is 1. The number of nitrogens with one attached hydrogen (secondary N) is 1.